The molecule has 1 heterocycles. The van der Waals surface area contributed by atoms with E-state index in [1.165, 1.54) is 5.69 Å². The van der Waals surface area contributed by atoms with Gasteiger partial charge in [0.15, 0.2) is 4.98 Å². The van der Waals surface area contributed by atoms with Crippen molar-refractivity contribution in [2.24, 2.45) is 0 Å². The normalized spacial score (nSPS) is 16.1. The van der Waals surface area contributed by atoms with Crippen LogP contribution in [0, 0.1) is 5.39 Å². The largest absolute Gasteiger partial charge is 1.00 e. The van der Waals surface area contributed by atoms with Gasteiger partial charge in [0.05, 0.1) is 0 Å². The second-order valence-electron chi connectivity index (χ2n) is 4.51. The molecule has 0 aromatic heterocycles. The molecule has 1 aliphatic heterocycles. The average molecular weight is 411 g/mol. The molecular formula is C11H16Cl4N4Zn. The molecule has 0 spiro atoms. The molecule has 0 radical (unpaired) electrons. The van der Waals surface area contributed by atoms with Crippen molar-refractivity contribution < 1.29 is 12.2 Å². The monoisotopic (exact) mass is 408 g/mol. The van der Waals surface area contributed by atoms with E-state index in [4.69, 9.17) is 44.2 Å². The van der Waals surface area contributed by atoms with E-state index in [-0.39, 0.29) is 1.43 Å². The molecule has 0 N–H and O–H groups in total. The number of diazo groups is 1. The van der Waals surface area contributed by atoms with Crippen LogP contribution >= 0.6 is 38.8 Å². The molecule has 0 saturated carbocycles. The number of nitrogens with zero attached hydrogens (tertiary/aromatic N) is 4. The van der Waals surface area contributed by atoms with Gasteiger partial charge in [0, 0.05) is 44.0 Å². The molecule has 0 amide bonds. The molecule has 110 valence electrons. The number of hydrogen-bond acceptors (Lipinski definition) is 3. The summed E-state index contributed by atoms with van der Waals surface area (Å²) in [6, 6.07) is 7.65. The maximum atomic E-state index is 8.58. The predicted molar refractivity (Wildman–Crippen MR) is 85.4 cm³/mol. The van der Waals surface area contributed by atoms with E-state index < -0.39 is 10.8 Å². The van der Waals surface area contributed by atoms with Gasteiger partial charge >= 0.3 is 56.7 Å². The minimum absolute atomic E-state index is 0. The molecule has 0 bridgehead atoms. The maximum absolute atomic E-state index is 8.58. The van der Waals surface area contributed by atoms with Crippen LogP contribution < -0.4 is 4.90 Å². The van der Waals surface area contributed by atoms with Crippen LogP contribution in [0.1, 0.15) is 1.43 Å². The van der Waals surface area contributed by atoms with Gasteiger partial charge in [-0.15, -0.1) is 0 Å². The quantitative estimate of drug-likeness (QED) is 0.492. The van der Waals surface area contributed by atoms with E-state index in [2.05, 4.69) is 21.8 Å². The SMILES string of the molecule is CN1CCN(c2ccc([N+]#N)cc2)CC1.[Cl][Zn-2]([Cl])([Cl])[Cl].[H+]. The van der Waals surface area contributed by atoms with E-state index in [0.29, 0.717) is 5.69 Å². The smallest absolute Gasteiger partial charge is 1.00 e. The number of rotatable bonds is 1. The molecule has 0 unspecified atom stereocenters. The van der Waals surface area contributed by atoms with Crippen molar-refractivity contribution in [1.82, 2.24) is 4.90 Å². The summed E-state index contributed by atoms with van der Waals surface area (Å²) in [5, 5.41) is 8.58. The Kier molecular flexibility index (Phi) is 7.83. The molecule has 0 aliphatic carbocycles. The minimum atomic E-state index is -3.36. The fourth-order valence-corrected chi connectivity index (χ4v) is 1.79. The van der Waals surface area contributed by atoms with Crippen molar-refractivity contribution in [3.63, 3.8) is 0 Å². The van der Waals surface area contributed by atoms with Crippen LogP contribution in [-0.4, -0.2) is 38.1 Å². The zero-order valence-corrected chi connectivity index (χ0v) is 17.1. The van der Waals surface area contributed by atoms with Gasteiger partial charge in [-0.3, -0.25) is 0 Å². The molecule has 0 atom stereocenters. The van der Waals surface area contributed by atoms with Crippen LogP contribution in [-0.2, 0) is 10.8 Å². The van der Waals surface area contributed by atoms with Gasteiger partial charge in [0.2, 0.25) is 5.39 Å². The number of hydrogen-bond donors (Lipinski definition) is 0. The van der Waals surface area contributed by atoms with Gasteiger partial charge in [0.25, 0.3) is 0 Å². The van der Waals surface area contributed by atoms with E-state index in [9.17, 15) is 0 Å². The van der Waals surface area contributed by atoms with E-state index in [0.717, 1.165) is 26.2 Å². The first-order chi connectivity index (χ1) is 9.29. The van der Waals surface area contributed by atoms with Gasteiger partial charge in [-0.2, -0.15) is 0 Å². The van der Waals surface area contributed by atoms with E-state index in [1.807, 2.05) is 24.3 Å². The fourth-order valence-electron chi connectivity index (χ4n) is 1.79. The first-order valence-corrected chi connectivity index (χ1v) is 21.8. The second kappa shape index (κ2) is 8.58. The van der Waals surface area contributed by atoms with Crippen molar-refractivity contribution in [3.05, 3.63) is 29.2 Å². The van der Waals surface area contributed by atoms with Crippen molar-refractivity contribution in [2.75, 3.05) is 38.1 Å². The number of benzene rings is 1. The van der Waals surface area contributed by atoms with Gasteiger partial charge in [-0.05, 0) is 19.2 Å². The van der Waals surface area contributed by atoms with Crippen LogP contribution in [0.4, 0.5) is 11.4 Å². The number of halogens is 4. The molecule has 1 aliphatic rings. The Balaban J connectivity index is 0.000000583. The second-order valence-corrected chi connectivity index (χ2v) is 32.3. The Morgan fingerprint density at radius 1 is 1.05 bits per heavy atom. The van der Waals surface area contributed by atoms with Gasteiger partial charge in [0.1, 0.15) is 0 Å². The van der Waals surface area contributed by atoms with Crippen LogP contribution in [0.15, 0.2) is 24.3 Å². The van der Waals surface area contributed by atoms with Crippen molar-refractivity contribution in [1.29, 1.82) is 5.39 Å². The third-order valence-corrected chi connectivity index (χ3v) is 2.83. The van der Waals surface area contributed by atoms with Gasteiger partial charge < -0.3 is 9.80 Å². The third kappa shape index (κ3) is 7.83. The molecule has 4 nitrogen and oxygen atoms in total. The summed E-state index contributed by atoms with van der Waals surface area (Å²) in [7, 11) is 19.0. The molecule has 1 fully saturated rings. The summed E-state index contributed by atoms with van der Waals surface area (Å²) in [6.45, 7) is 4.33. The van der Waals surface area contributed by atoms with Crippen LogP contribution in [0.2, 0.25) is 0 Å². The first-order valence-electron chi connectivity index (χ1n) is 6.25. The molecule has 1 aromatic rings. The Morgan fingerprint density at radius 2 is 1.50 bits per heavy atom. The average Bonchev–Trinajstić information content (AvgIpc) is 2.38. The van der Waals surface area contributed by atoms with E-state index >= 15 is 0 Å². The summed E-state index contributed by atoms with van der Waals surface area (Å²) >= 11 is 0. The predicted octanol–water partition coefficient (Wildman–Crippen LogP) is 4.79. The molecule has 9 heteroatoms. The van der Waals surface area contributed by atoms with Crippen LogP contribution in [0.5, 0.6) is 0 Å². The molecule has 2 rings (SSSR count). The Hall–Kier alpha value is 0.183. The summed E-state index contributed by atoms with van der Waals surface area (Å²) in [5.41, 5.74) is 1.81. The Bertz CT molecular complexity index is 449. The zero-order chi connectivity index (χ0) is 15.2. The summed E-state index contributed by atoms with van der Waals surface area (Å²) < 4.78 is 0. The standard InChI is InChI=1S/C11H15N4.4ClH.Zn/c1-14-6-8-15(9-7-14)11-4-2-10(13-12)3-5-11;;;;;/h2-5H,6-9H2,1H3;4*1H;/q+1;;;;;+2/p-3. The minimum Gasteiger partial charge on any atom is 1.00 e. The number of likely N-dealkylation sites (N-methyl/N-ethyl adjacent to an activating group) is 1. The Labute approximate surface area is 139 Å². The topological polar surface area (TPSA) is 34.6 Å². The van der Waals surface area contributed by atoms with Crippen molar-refractivity contribution >= 4 is 50.1 Å². The summed E-state index contributed by atoms with van der Waals surface area (Å²) in [5.74, 6) is 0. The molecule has 1 saturated heterocycles. The molecular weight excluding hydrogens is 395 g/mol. The summed E-state index contributed by atoms with van der Waals surface area (Å²) in [6.07, 6.45) is 0. The van der Waals surface area contributed by atoms with Crippen LogP contribution in [0.3, 0.4) is 0 Å². The van der Waals surface area contributed by atoms with E-state index in [1.54, 1.807) is 0 Å². The maximum Gasteiger partial charge on any atom is 1.00 e. The Morgan fingerprint density at radius 3 is 1.90 bits per heavy atom. The van der Waals surface area contributed by atoms with Gasteiger partial charge in [-0.1, -0.05) is 0 Å². The third-order valence-electron chi connectivity index (χ3n) is 2.83. The van der Waals surface area contributed by atoms with Crippen molar-refractivity contribution in [3.8, 4) is 0 Å². The van der Waals surface area contributed by atoms with Gasteiger partial charge in [-0.25, -0.2) is 0 Å². The zero-order valence-electron chi connectivity index (χ0n) is 12.1. The number of piperazine rings is 1. The number of anilines is 1. The first kappa shape index (κ1) is 18.2. The summed E-state index contributed by atoms with van der Waals surface area (Å²) in [4.78, 5) is 7.82. The molecule has 20 heavy (non-hydrogen) atoms. The fraction of sp³-hybridized carbons (Fsp3) is 0.455. The molecule has 1 aromatic carbocycles. The van der Waals surface area contributed by atoms with Crippen molar-refractivity contribution in [2.45, 2.75) is 0 Å². The van der Waals surface area contributed by atoms with Crippen LogP contribution in [0.25, 0.3) is 4.98 Å².